The molecule has 0 bridgehead atoms. The number of para-hydroxylation sites is 1. The quantitative estimate of drug-likeness (QED) is 0.682. The van der Waals surface area contributed by atoms with E-state index in [1.807, 2.05) is 24.3 Å². The van der Waals surface area contributed by atoms with E-state index in [1.165, 1.54) is 17.0 Å². The fourth-order valence-corrected chi connectivity index (χ4v) is 3.18. The Balaban J connectivity index is 2.00. The molecule has 0 saturated heterocycles. The Morgan fingerprint density at radius 3 is 2.29 bits per heavy atom. The van der Waals surface area contributed by atoms with Gasteiger partial charge >= 0.3 is 0 Å². The summed E-state index contributed by atoms with van der Waals surface area (Å²) in [4.78, 5) is 0. The van der Waals surface area contributed by atoms with Crippen molar-refractivity contribution in [3.8, 4) is 0 Å². The van der Waals surface area contributed by atoms with Gasteiger partial charge in [0.1, 0.15) is 7.05 Å². The van der Waals surface area contributed by atoms with Gasteiger partial charge < -0.3 is 0 Å². The Kier molecular flexibility index (Phi) is 3.46. The fourth-order valence-electron chi connectivity index (χ4n) is 3.05. The summed E-state index contributed by atoms with van der Waals surface area (Å²) in [6, 6.07) is 16.5. The number of halogens is 1. The smallest absolute Gasteiger partial charge is 0.198 e. The minimum absolute atomic E-state index is 0.0221. The van der Waals surface area contributed by atoms with E-state index in [0.717, 1.165) is 10.6 Å². The Morgan fingerprint density at radius 2 is 1.62 bits per heavy atom. The minimum Gasteiger partial charge on any atom is -0.198 e. The minimum atomic E-state index is 0.0221. The van der Waals surface area contributed by atoms with Crippen LogP contribution in [0.1, 0.15) is 25.0 Å². The molecule has 2 heteroatoms. The average Bonchev–Trinajstić information content (AvgIpc) is 2.67. The summed E-state index contributed by atoms with van der Waals surface area (Å²) in [6.07, 6.45) is 4.36. The summed E-state index contributed by atoms with van der Waals surface area (Å²) in [7, 11) is 2.13. The highest BCUT2D eigenvalue weighted by molar-refractivity contribution is 6.30. The van der Waals surface area contributed by atoms with Crippen LogP contribution >= 0.6 is 11.6 Å². The van der Waals surface area contributed by atoms with Gasteiger partial charge in [0, 0.05) is 22.7 Å². The zero-order valence-corrected chi connectivity index (χ0v) is 13.4. The highest BCUT2D eigenvalue weighted by Crippen LogP contribution is 2.39. The number of allylic oxidation sites excluding steroid dienone is 1. The molecule has 0 saturated carbocycles. The number of nitrogens with zero attached hydrogens (tertiary/aromatic N) is 1. The lowest BCUT2D eigenvalue weighted by molar-refractivity contribution is -0.401. The average molecular weight is 297 g/mol. The first kappa shape index (κ1) is 14.1. The first-order chi connectivity index (χ1) is 10.00. The molecule has 1 heterocycles. The standard InChI is InChI=1S/C19H19ClN/c1-19(2)16-6-4-5-7-17(16)21(3)18(19)13-10-14-8-11-15(20)12-9-14/h4-13H,1-3H3/q+1/b13-10+. The number of hydrogen-bond acceptors (Lipinski definition) is 0. The SMILES string of the molecule is C[N+]1=C(/C=C/c2ccc(Cl)cc2)C(C)(C)c2ccccc21. The highest BCUT2D eigenvalue weighted by atomic mass is 35.5. The maximum atomic E-state index is 5.93. The van der Waals surface area contributed by atoms with Crippen molar-refractivity contribution in [1.82, 2.24) is 0 Å². The Hall–Kier alpha value is -1.86. The van der Waals surface area contributed by atoms with Crippen LogP contribution in [-0.4, -0.2) is 17.3 Å². The van der Waals surface area contributed by atoms with Crippen LogP contribution in [0.5, 0.6) is 0 Å². The van der Waals surface area contributed by atoms with Crippen LogP contribution < -0.4 is 0 Å². The van der Waals surface area contributed by atoms with Gasteiger partial charge in [-0.15, -0.1) is 0 Å². The van der Waals surface area contributed by atoms with Crippen LogP contribution in [0.25, 0.3) is 6.08 Å². The molecule has 1 aliphatic heterocycles. The molecule has 21 heavy (non-hydrogen) atoms. The van der Waals surface area contributed by atoms with Crippen molar-refractivity contribution in [1.29, 1.82) is 0 Å². The van der Waals surface area contributed by atoms with Crippen LogP contribution in [0, 0.1) is 0 Å². The van der Waals surface area contributed by atoms with Crippen LogP contribution in [-0.2, 0) is 5.41 Å². The lowest BCUT2D eigenvalue weighted by atomic mass is 9.81. The number of benzene rings is 2. The largest absolute Gasteiger partial charge is 0.209 e. The molecule has 0 fully saturated rings. The van der Waals surface area contributed by atoms with Gasteiger partial charge in [-0.25, -0.2) is 0 Å². The molecule has 0 spiro atoms. The molecule has 1 aliphatic rings. The summed E-state index contributed by atoms with van der Waals surface area (Å²) in [5.74, 6) is 0. The first-order valence-electron chi connectivity index (χ1n) is 7.14. The van der Waals surface area contributed by atoms with Crippen LogP contribution in [0.3, 0.4) is 0 Å². The third-order valence-electron chi connectivity index (χ3n) is 4.24. The monoisotopic (exact) mass is 296 g/mol. The van der Waals surface area contributed by atoms with Crippen molar-refractivity contribution in [2.24, 2.45) is 0 Å². The second-order valence-electron chi connectivity index (χ2n) is 5.97. The second kappa shape index (κ2) is 5.16. The fraction of sp³-hybridized carbons (Fsp3) is 0.211. The van der Waals surface area contributed by atoms with E-state index >= 15 is 0 Å². The molecule has 0 atom stereocenters. The molecule has 0 N–H and O–H groups in total. The lowest BCUT2D eigenvalue weighted by Crippen LogP contribution is -2.26. The summed E-state index contributed by atoms with van der Waals surface area (Å²) < 4.78 is 2.28. The molecular weight excluding hydrogens is 278 g/mol. The van der Waals surface area contributed by atoms with E-state index in [9.17, 15) is 0 Å². The predicted octanol–water partition coefficient (Wildman–Crippen LogP) is 5.06. The predicted molar refractivity (Wildman–Crippen MR) is 90.8 cm³/mol. The third-order valence-corrected chi connectivity index (χ3v) is 4.50. The topological polar surface area (TPSA) is 3.01 Å². The summed E-state index contributed by atoms with van der Waals surface area (Å²) in [5, 5.41) is 0.769. The van der Waals surface area contributed by atoms with Crippen molar-refractivity contribution >= 4 is 29.1 Å². The molecule has 0 amide bonds. The molecule has 0 radical (unpaired) electrons. The highest BCUT2D eigenvalue weighted by Gasteiger charge is 2.42. The van der Waals surface area contributed by atoms with E-state index in [2.05, 4.69) is 61.9 Å². The van der Waals surface area contributed by atoms with Crippen molar-refractivity contribution in [3.05, 3.63) is 70.8 Å². The number of hydrogen-bond donors (Lipinski definition) is 0. The Bertz CT molecular complexity index is 736. The second-order valence-corrected chi connectivity index (χ2v) is 6.41. The molecule has 2 aromatic rings. The van der Waals surface area contributed by atoms with E-state index < -0.39 is 0 Å². The van der Waals surface area contributed by atoms with Crippen molar-refractivity contribution < 1.29 is 4.58 Å². The molecule has 106 valence electrons. The molecule has 0 unspecified atom stereocenters. The molecular formula is C19H19ClN+. The van der Waals surface area contributed by atoms with Crippen molar-refractivity contribution in [3.63, 3.8) is 0 Å². The first-order valence-corrected chi connectivity index (χ1v) is 7.52. The number of rotatable bonds is 2. The van der Waals surface area contributed by atoms with Gasteiger partial charge in [0.25, 0.3) is 0 Å². The zero-order chi connectivity index (χ0) is 15.0. The maximum absolute atomic E-state index is 5.93. The molecule has 2 aromatic carbocycles. The van der Waals surface area contributed by atoms with Gasteiger partial charge in [0.15, 0.2) is 5.71 Å². The summed E-state index contributed by atoms with van der Waals surface area (Å²) in [6.45, 7) is 4.55. The molecule has 0 aliphatic carbocycles. The van der Waals surface area contributed by atoms with E-state index in [-0.39, 0.29) is 5.41 Å². The van der Waals surface area contributed by atoms with Gasteiger partial charge in [-0.2, -0.15) is 4.58 Å². The van der Waals surface area contributed by atoms with Gasteiger partial charge in [-0.1, -0.05) is 41.9 Å². The van der Waals surface area contributed by atoms with Crippen LogP contribution in [0.2, 0.25) is 5.02 Å². The molecule has 0 aromatic heterocycles. The molecule has 1 nitrogen and oxygen atoms in total. The normalized spacial score (nSPS) is 16.6. The van der Waals surface area contributed by atoms with Crippen LogP contribution in [0.15, 0.2) is 54.6 Å². The van der Waals surface area contributed by atoms with Crippen LogP contribution in [0.4, 0.5) is 5.69 Å². The van der Waals surface area contributed by atoms with E-state index in [0.29, 0.717) is 0 Å². The zero-order valence-electron chi connectivity index (χ0n) is 12.6. The number of fused-ring (bicyclic) bond motifs is 1. The van der Waals surface area contributed by atoms with Gasteiger partial charge in [0.05, 0.1) is 5.41 Å². The van der Waals surface area contributed by atoms with E-state index in [1.54, 1.807) is 0 Å². The van der Waals surface area contributed by atoms with E-state index in [4.69, 9.17) is 11.6 Å². The summed E-state index contributed by atoms with van der Waals surface area (Å²) >= 11 is 5.93. The Labute approximate surface area is 131 Å². The summed E-state index contributed by atoms with van der Waals surface area (Å²) in [5.41, 5.74) is 5.15. The maximum Gasteiger partial charge on any atom is 0.209 e. The molecule has 3 rings (SSSR count). The lowest BCUT2D eigenvalue weighted by Gasteiger charge is -2.15. The van der Waals surface area contributed by atoms with Gasteiger partial charge in [-0.05, 0) is 37.6 Å². The van der Waals surface area contributed by atoms with Crippen molar-refractivity contribution in [2.75, 3.05) is 7.05 Å². The van der Waals surface area contributed by atoms with Crippen molar-refractivity contribution in [2.45, 2.75) is 19.3 Å². The van der Waals surface area contributed by atoms with Gasteiger partial charge in [-0.3, -0.25) is 0 Å². The third kappa shape index (κ3) is 2.43. The van der Waals surface area contributed by atoms with Gasteiger partial charge in [0.2, 0.25) is 5.69 Å². The Morgan fingerprint density at radius 1 is 0.952 bits per heavy atom.